The second-order valence-corrected chi connectivity index (χ2v) is 9.47. The number of benzene rings is 2. The summed E-state index contributed by atoms with van der Waals surface area (Å²) >= 11 is 0. The number of nitrogens with one attached hydrogen (secondary N) is 1. The smallest absolute Gasteiger partial charge is 0.245 e. The minimum atomic E-state index is -0.448. The van der Waals surface area contributed by atoms with Gasteiger partial charge in [-0.25, -0.2) is 4.39 Å². The van der Waals surface area contributed by atoms with Gasteiger partial charge in [-0.3, -0.25) is 14.4 Å². The Labute approximate surface area is 203 Å². The molecule has 3 N–H and O–H groups in total. The van der Waals surface area contributed by atoms with Crippen LogP contribution in [0.5, 0.6) is 0 Å². The molecule has 2 amide bonds. The second kappa shape index (κ2) is 9.26. The van der Waals surface area contributed by atoms with E-state index in [0.717, 1.165) is 47.0 Å². The molecule has 7 nitrogen and oxygen atoms in total. The molecule has 1 aliphatic heterocycles. The molecule has 1 aromatic heterocycles. The van der Waals surface area contributed by atoms with E-state index >= 15 is 0 Å². The van der Waals surface area contributed by atoms with Crippen molar-refractivity contribution < 1.29 is 18.8 Å². The van der Waals surface area contributed by atoms with Crippen molar-refractivity contribution in [3.63, 3.8) is 0 Å². The summed E-state index contributed by atoms with van der Waals surface area (Å²) in [4.78, 5) is 44.2. The third kappa shape index (κ3) is 4.23. The molecule has 1 saturated heterocycles. The van der Waals surface area contributed by atoms with Gasteiger partial charge in [0.2, 0.25) is 11.8 Å². The van der Waals surface area contributed by atoms with E-state index in [1.54, 1.807) is 16.8 Å². The maximum Gasteiger partial charge on any atom is 0.245 e. The number of ketones is 1. The van der Waals surface area contributed by atoms with Crippen molar-refractivity contribution in [2.24, 2.45) is 5.73 Å². The summed E-state index contributed by atoms with van der Waals surface area (Å²) in [5.41, 5.74) is 10.5. The maximum absolute atomic E-state index is 14.2. The first-order chi connectivity index (χ1) is 16.9. The minimum Gasteiger partial charge on any atom is -0.354 e. The van der Waals surface area contributed by atoms with E-state index in [1.807, 2.05) is 24.3 Å². The molecular formula is C27H29FN4O3. The summed E-state index contributed by atoms with van der Waals surface area (Å²) in [5, 5.41) is 0.825. The third-order valence-electron chi connectivity index (χ3n) is 7.17. The summed E-state index contributed by atoms with van der Waals surface area (Å²) in [6.07, 6.45) is 3.35. The van der Waals surface area contributed by atoms with Crippen LogP contribution in [0.15, 0.2) is 36.4 Å². The molecule has 2 heterocycles. The Morgan fingerprint density at radius 3 is 2.69 bits per heavy atom. The molecule has 0 saturated carbocycles. The summed E-state index contributed by atoms with van der Waals surface area (Å²) in [5.74, 6) is -0.708. The highest BCUT2D eigenvalue weighted by Gasteiger charge is 2.35. The molecule has 1 atom stereocenters. The molecule has 8 heteroatoms. The van der Waals surface area contributed by atoms with E-state index in [2.05, 4.69) is 4.98 Å². The monoisotopic (exact) mass is 476 g/mol. The first-order valence-corrected chi connectivity index (χ1v) is 12.1. The lowest BCUT2D eigenvalue weighted by Gasteiger charge is -2.28. The summed E-state index contributed by atoms with van der Waals surface area (Å²) in [7, 11) is 1.75. The molecule has 0 radical (unpaired) electrons. The van der Waals surface area contributed by atoms with Gasteiger partial charge in [-0.1, -0.05) is 24.3 Å². The third-order valence-corrected chi connectivity index (χ3v) is 7.17. The number of Topliss-reactive ketones (excluding diaryl/α,β-unsaturated/α-hetero) is 1. The van der Waals surface area contributed by atoms with Crippen LogP contribution in [-0.2, 0) is 22.6 Å². The second-order valence-electron chi connectivity index (χ2n) is 9.47. The molecule has 1 aliphatic carbocycles. The number of halogens is 1. The average molecular weight is 477 g/mol. The number of aromatic nitrogens is 1. The van der Waals surface area contributed by atoms with Crippen LogP contribution in [0.2, 0.25) is 0 Å². The maximum atomic E-state index is 14.2. The van der Waals surface area contributed by atoms with E-state index in [-0.39, 0.29) is 24.1 Å². The Balaban J connectivity index is 1.37. The SMILES string of the molecule is CN(Cc1ccc(-c2[nH]c3cc(F)cc4c3c2CCCC4=O)cc1)C(=O)[C@@H]1CCCN1C(=O)CN. The lowest BCUT2D eigenvalue weighted by molar-refractivity contribution is -0.142. The van der Waals surface area contributed by atoms with Gasteiger partial charge in [0.05, 0.1) is 6.54 Å². The number of nitrogens with zero attached hydrogens (tertiary/aromatic N) is 2. The van der Waals surface area contributed by atoms with Crippen LogP contribution in [0.1, 0.15) is 47.2 Å². The quantitative estimate of drug-likeness (QED) is 0.590. The largest absolute Gasteiger partial charge is 0.354 e. The highest BCUT2D eigenvalue weighted by Crippen LogP contribution is 2.37. The van der Waals surface area contributed by atoms with Crippen molar-refractivity contribution in [2.75, 3.05) is 20.1 Å². The molecule has 0 spiro atoms. The molecule has 2 aromatic carbocycles. The van der Waals surface area contributed by atoms with E-state index in [9.17, 15) is 18.8 Å². The number of H-pyrrole nitrogens is 1. The lowest BCUT2D eigenvalue weighted by Crippen LogP contribution is -2.48. The van der Waals surface area contributed by atoms with Gasteiger partial charge in [0.25, 0.3) is 0 Å². The first kappa shape index (κ1) is 23.2. The van der Waals surface area contributed by atoms with Crippen LogP contribution in [0.3, 0.4) is 0 Å². The van der Waals surface area contributed by atoms with Gasteiger partial charge >= 0.3 is 0 Å². The van der Waals surface area contributed by atoms with Crippen LogP contribution in [0.4, 0.5) is 4.39 Å². The van der Waals surface area contributed by atoms with Crippen LogP contribution in [-0.4, -0.2) is 58.6 Å². The zero-order valence-corrected chi connectivity index (χ0v) is 19.8. The van der Waals surface area contributed by atoms with E-state index < -0.39 is 11.9 Å². The zero-order chi connectivity index (χ0) is 24.7. The molecule has 3 aromatic rings. The van der Waals surface area contributed by atoms with Gasteiger partial charge in [-0.2, -0.15) is 0 Å². The van der Waals surface area contributed by atoms with Gasteiger partial charge in [-0.05, 0) is 54.5 Å². The fourth-order valence-electron chi connectivity index (χ4n) is 5.46. The lowest BCUT2D eigenvalue weighted by atomic mass is 9.99. The number of aromatic amines is 1. The van der Waals surface area contributed by atoms with Crippen molar-refractivity contribution >= 4 is 28.5 Å². The normalized spacial score (nSPS) is 17.6. The van der Waals surface area contributed by atoms with Gasteiger partial charge in [0.15, 0.2) is 5.78 Å². The molecule has 5 rings (SSSR count). The summed E-state index contributed by atoms with van der Waals surface area (Å²) in [6, 6.07) is 10.3. The molecule has 182 valence electrons. The number of nitrogens with two attached hydrogens (primary N) is 1. The summed E-state index contributed by atoms with van der Waals surface area (Å²) < 4.78 is 14.2. The Morgan fingerprint density at radius 2 is 1.94 bits per heavy atom. The number of hydrogen-bond acceptors (Lipinski definition) is 4. The van der Waals surface area contributed by atoms with Crippen molar-refractivity contribution in [1.29, 1.82) is 0 Å². The van der Waals surface area contributed by atoms with Crippen molar-refractivity contribution in [3.8, 4) is 11.3 Å². The van der Waals surface area contributed by atoms with E-state index in [4.69, 9.17) is 5.73 Å². The van der Waals surface area contributed by atoms with Gasteiger partial charge < -0.3 is 20.5 Å². The fourth-order valence-corrected chi connectivity index (χ4v) is 5.46. The fraction of sp³-hybridized carbons (Fsp3) is 0.370. The van der Waals surface area contributed by atoms with Crippen LogP contribution in [0, 0.1) is 5.82 Å². The molecular weight excluding hydrogens is 447 g/mol. The van der Waals surface area contributed by atoms with E-state index in [1.165, 1.54) is 12.1 Å². The standard InChI is InChI=1S/C27H29FN4O3/c1-31(27(35)22-5-3-11-32(22)24(34)14-29)15-16-7-9-17(10-8-16)26-19-4-2-6-23(33)20-12-18(28)13-21(30-26)25(19)20/h7-10,12-13,22,30H,2-6,11,14-15,29H2,1H3/t22-/m0/s1. The number of hydrogen-bond donors (Lipinski definition) is 2. The van der Waals surface area contributed by atoms with Crippen molar-refractivity contribution in [2.45, 2.75) is 44.7 Å². The van der Waals surface area contributed by atoms with Gasteiger partial charge in [-0.15, -0.1) is 0 Å². The van der Waals surface area contributed by atoms with Crippen LogP contribution in [0.25, 0.3) is 22.2 Å². The average Bonchev–Trinajstić information content (AvgIpc) is 3.44. The molecule has 1 fully saturated rings. The number of carbonyl (C=O) groups excluding carboxylic acids is 3. The predicted octanol–water partition coefficient (Wildman–Crippen LogP) is 3.40. The Kier molecular flexibility index (Phi) is 6.15. The van der Waals surface area contributed by atoms with Crippen molar-refractivity contribution in [3.05, 3.63) is 58.9 Å². The number of carbonyl (C=O) groups is 3. The first-order valence-electron chi connectivity index (χ1n) is 12.1. The number of aryl methyl sites for hydroxylation is 1. The topological polar surface area (TPSA) is 99.5 Å². The highest BCUT2D eigenvalue weighted by molar-refractivity contribution is 6.11. The van der Waals surface area contributed by atoms with Gasteiger partial charge in [0, 0.05) is 48.7 Å². The Hall–Kier alpha value is -3.52. The minimum absolute atomic E-state index is 0.0177. The molecule has 0 unspecified atom stereocenters. The zero-order valence-electron chi connectivity index (χ0n) is 19.8. The number of rotatable bonds is 5. The van der Waals surface area contributed by atoms with Crippen molar-refractivity contribution in [1.82, 2.24) is 14.8 Å². The Morgan fingerprint density at radius 1 is 1.17 bits per heavy atom. The van der Waals surface area contributed by atoms with E-state index in [0.29, 0.717) is 37.0 Å². The van der Waals surface area contributed by atoms with Crippen LogP contribution < -0.4 is 5.73 Å². The Bertz CT molecular complexity index is 1310. The molecule has 2 aliphatic rings. The predicted molar refractivity (Wildman–Crippen MR) is 131 cm³/mol. The number of amides is 2. The number of likely N-dealkylation sites (tertiary alicyclic amines) is 1. The number of likely N-dealkylation sites (N-methyl/N-ethyl adjacent to an activating group) is 1. The molecule has 35 heavy (non-hydrogen) atoms. The van der Waals surface area contributed by atoms with Crippen LogP contribution >= 0.6 is 0 Å². The van der Waals surface area contributed by atoms with Gasteiger partial charge in [0.1, 0.15) is 11.9 Å². The summed E-state index contributed by atoms with van der Waals surface area (Å²) in [6.45, 7) is 0.899. The highest BCUT2D eigenvalue weighted by atomic mass is 19.1. The molecule has 0 bridgehead atoms.